The SMILES string of the molecule is CC1CCN(C(=O)CSC2=NC(C(C)C)=NC3=[N+](C)C(=O)N(C)C(=O)C23)CC1. The van der Waals surface area contributed by atoms with Gasteiger partial charge in [0.05, 0.1) is 19.8 Å². The Hall–Kier alpha value is -2.03. The molecule has 0 aliphatic carbocycles. The lowest BCUT2D eigenvalue weighted by Crippen LogP contribution is -2.55. The first-order chi connectivity index (χ1) is 13.2. The lowest BCUT2D eigenvalue weighted by molar-refractivity contribution is -0.407. The molecule has 4 amide bonds. The first-order valence-corrected chi connectivity index (χ1v) is 10.7. The van der Waals surface area contributed by atoms with Crippen LogP contribution in [0.5, 0.6) is 0 Å². The number of aliphatic imine (C=N–C) groups is 2. The number of piperidine rings is 1. The van der Waals surface area contributed by atoms with E-state index in [9.17, 15) is 14.4 Å². The van der Waals surface area contributed by atoms with E-state index in [0.717, 1.165) is 30.8 Å². The van der Waals surface area contributed by atoms with Crippen molar-refractivity contribution >= 4 is 46.3 Å². The highest BCUT2D eigenvalue weighted by Crippen LogP contribution is 2.27. The number of carbonyl (C=O) groups is 3. The predicted octanol–water partition coefficient (Wildman–Crippen LogP) is 1.69. The zero-order valence-corrected chi connectivity index (χ0v) is 18.0. The number of carbonyl (C=O) groups excluding carboxylic acids is 3. The standard InChI is InChI=1S/C19H28N5O3S/c1-11(2)15-20-16-14(18(26)23(5)19(27)22(16)4)17(21-15)28-10-13(25)24-8-6-12(3)7-9-24/h11-12,14H,6-10H2,1-5H3/q+1. The maximum atomic E-state index is 12.8. The van der Waals surface area contributed by atoms with Crippen LogP contribution in [0.1, 0.15) is 33.6 Å². The molecule has 3 aliphatic heterocycles. The van der Waals surface area contributed by atoms with Crippen LogP contribution in [0.25, 0.3) is 0 Å². The molecule has 1 fully saturated rings. The third-order valence-electron chi connectivity index (χ3n) is 5.45. The van der Waals surface area contributed by atoms with E-state index in [1.54, 1.807) is 7.05 Å². The van der Waals surface area contributed by atoms with Crippen LogP contribution in [0.4, 0.5) is 4.79 Å². The molecule has 3 rings (SSSR count). The van der Waals surface area contributed by atoms with Crippen molar-refractivity contribution in [3.05, 3.63) is 0 Å². The molecule has 0 aromatic heterocycles. The summed E-state index contributed by atoms with van der Waals surface area (Å²) in [6, 6.07) is -0.409. The fraction of sp³-hybridized carbons (Fsp3) is 0.684. The smallest absolute Gasteiger partial charge is 0.342 e. The van der Waals surface area contributed by atoms with Gasteiger partial charge in [0.2, 0.25) is 11.7 Å². The third kappa shape index (κ3) is 3.90. The number of amides is 4. The minimum absolute atomic E-state index is 0.0431. The van der Waals surface area contributed by atoms with Crippen LogP contribution < -0.4 is 0 Å². The van der Waals surface area contributed by atoms with E-state index in [4.69, 9.17) is 0 Å². The summed E-state index contributed by atoms with van der Waals surface area (Å²) >= 11 is 1.29. The molecule has 0 radical (unpaired) electrons. The average Bonchev–Trinajstić information content (AvgIpc) is 2.68. The molecule has 9 heteroatoms. The molecular weight excluding hydrogens is 378 g/mol. The topological polar surface area (TPSA) is 85.4 Å². The summed E-state index contributed by atoms with van der Waals surface area (Å²) in [4.78, 5) is 49.8. The normalized spacial score (nSPS) is 23.9. The van der Waals surface area contributed by atoms with Crippen LogP contribution >= 0.6 is 11.8 Å². The van der Waals surface area contributed by atoms with Gasteiger partial charge < -0.3 is 4.90 Å². The molecule has 3 heterocycles. The molecule has 8 nitrogen and oxygen atoms in total. The molecule has 1 atom stereocenters. The molecule has 1 unspecified atom stereocenters. The minimum Gasteiger partial charge on any atom is -0.342 e. The van der Waals surface area contributed by atoms with Crippen LogP contribution in [-0.4, -0.2) is 81.9 Å². The molecule has 152 valence electrons. The number of hydrogen-bond acceptors (Lipinski definition) is 6. The Morgan fingerprint density at radius 3 is 2.50 bits per heavy atom. The number of urea groups is 1. The zero-order valence-electron chi connectivity index (χ0n) is 17.1. The quantitative estimate of drug-likeness (QED) is 0.668. The molecule has 0 N–H and O–H groups in total. The summed E-state index contributed by atoms with van der Waals surface area (Å²) in [5.41, 5.74) is 0. The molecule has 0 saturated carbocycles. The number of likely N-dealkylation sites (tertiary alicyclic amines) is 1. The Morgan fingerprint density at radius 2 is 1.89 bits per heavy atom. The molecule has 0 aromatic rings. The van der Waals surface area contributed by atoms with E-state index in [1.165, 1.54) is 23.4 Å². The number of nitrogens with zero attached hydrogens (tertiary/aromatic N) is 5. The number of amidine groups is 2. The number of imide groups is 1. The second kappa shape index (κ2) is 8.14. The molecule has 1 saturated heterocycles. The maximum absolute atomic E-state index is 12.8. The van der Waals surface area contributed by atoms with E-state index >= 15 is 0 Å². The van der Waals surface area contributed by atoms with Gasteiger partial charge in [-0.3, -0.25) is 9.59 Å². The Kier molecular flexibility index (Phi) is 6.02. The Bertz CT molecular complexity index is 793. The maximum Gasteiger partial charge on any atom is 0.445 e. The van der Waals surface area contributed by atoms with Gasteiger partial charge in [-0.1, -0.05) is 37.5 Å². The largest absolute Gasteiger partial charge is 0.445 e. The van der Waals surface area contributed by atoms with Gasteiger partial charge in [-0.15, -0.1) is 0 Å². The molecule has 3 aliphatic rings. The van der Waals surface area contributed by atoms with E-state index in [2.05, 4.69) is 16.9 Å². The van der Waals surface area contributed by atoms with Crippen molar-refractivity contribution in [3.63, 3.8) is 0 Å². The van der Waals surface area contributed by atoms with E-state index < -0.39 is 11.9 Å². The fourth-order valence-electron chi connectivity index (χ4n) is 3.45. The van der Waals surface area contributed by atoms with E-state index in [1.807, 2.05) is 18.7 Å². The summed E-state index contributed by atoms with van der Waals surface area (Å²) in [6.45, 7) is 7.70. The Morgan fingerprint density at radius 1 is 1.25 bits per heavy atom. The van der Waals surface area contributed by atoms with Crippen LogP contribution in [-0.2, 0) is 9.59 Å². The highest BCUT2D eigenvalue weighted by atomic mass is 32.2. The minimum atomic E-state index is -0.727. The van der Waals surface area contributed by atoms with Gasteiger partial charge in [0, 0.05) is 19.0 Å². The van der Waals surface area contributed by atoms with Gasteiger partial charge in [0.15, 0.2) is 5.92 Å². The third-order valence-corrected chi connectivity index (χ3v) is 6.46. The van der Waals surface area contributed by atoms with Crippen molar-refractivity contribution < 1.29 is 19.0 Å². The van der Waals surface area contributed by atoms with Crippen LogP contribution in [0.15, 0.2) is 9.98 Å². The van der Waals surface area contributed by atoms with Gasteiger partial charge in [-0.25, -0.2) is 9.79 Å². The highest BCUT2D eigenvalue weighted by Gasteiger charge is 2.49. The Labute approximate surface area is 169 Å². The van der Waals surface area contributed by atoms with Gasteiger partial charge in [-0.05, 0) is 18.8 Å². The van der Waals surface area contributed by atoms with Crippen molar-refractivity contribution in [1.29, 1.82) is 0 Å². The summed E-state index contributed by atoms with van der Waals surface area (Å²) in [7, 11) is 3.07. The summed E-state index contributed by atoms with van der Waals surface area (Å²) < 4.78 is 1.40. The Balaban J connectivity index is 1.82. The van der Waals surface area contributed by atoms with Crippen LogP contribution in [0.2, 0.25) is 0 Å². The monoisotopic (exact) mass is 406 g/mol. The molecule has 28 heavy (non-hydrogen) atoms. The fourth-order valence-corrected chi connectivity index (χ4v) is 4.43. The van der Waals surface area contributed by atoms with Crippen LogP contribution in [0.3, 0.4) is 0 Å². The van der Waals surface area contributed by atoms with Crippen LogP contribution in [0, 0.1) is 17.8 Å². The lowest BCUT2D eigenvalue weighted by Gasteiger charge is -2.31. The molecule has 0 aromatic carbocycles. The second-order valence-electron chi connectivity index (χ2n) is 7.96. The molecule has 0 spiro atoms. The first-order valence-electron chi connectivity index (χ1n) is 9.70. The average molecular weight is 407 g/mol. The van der Waals surface area contributed by atoms with Crippen molar-refractivity contribution in [2.75, 3.05) is 32.9 Å². The number of fused-ring (bicyclic) bond motifs is 1. The summed E-state index contributed by atoms with van der Waals surface area (Å²) in [5.74, 6) is 0.891. The molecular formula is C19H28N5O3S+. The molecule has 0 bridgehead atoms. The summed E-state index contributed by atoms with van der Waals surface area (Å²) in [6.07, 6.45) is 2.05. The number of hydrogen-bond donors (Lipinski definition) is 0. The second-order valence-corrected chi connectivity index (χ2v) is 8.95. The zero-order chi connectivity index (χ0) is 20.6. The van der Waals surface area contributed by atoms with Crippen molar-refractivity contribution in [1.82, 2.24) is 9.80 Å². The van der Waals surface area contributed by atoms with E-state index in [-0.39, 0.29) is 23.5 Å². The van der Waals surface area contributed by atoms with Crippen molar-refractivity contribution in [2.24, 2.45) is 27.7 Å². The van der Waals surface area contributed by atoms with E-state index in [0.29, 0.717) is 22.6 Å². The summed E-state index contributed by atoms with van der Waals surface area (Å²) in [5, 5.41) is 0.545. The lowest BCUT2D eigenvalue weighted by atomic mass is 9.99. The highest BCUT2D eigenvalue weighted by molar-refractivity contribution is 8.14. The van der Waals surface area contributed by atoms with Crippen molar-refractivity contribution in [2.45, 2.75) is 33.6 Å². The van der Waals surface area contributed by atoms with Gasteiger partial charge >= 0.3 is 11.9 Å². The first kappa shape index (κ1) is 20.7. The van der Waals surface area contributed by atoms with Crippen molar-refractivity contribution in [3.8, 4) is 0 Å². The van der Waals surface area contributed by atoms with Gasteiger partial charge in [0.1, 0.15) is 5.04 Å². The number of rotatable bonds is 3. The van der Waals surface area contributed by atoms with Gasteiger partial charge in [-0.2, -0.15) is 9.48 Å². The van der Waals surface area contributed by atoms with Gasteiger partial charge in [0.25, 0.3) is 5.84 Å². The number of thioether (sulfide) groups is 1. The predicted molar refractivity (Wildman–Crippen MR) is 110 cm³/mol.